The van der Waals surface area contributed by atoms with Crippen molar-refractivity contribution in [3.05, 3.63) is 23.4 Å². The second-order valence-corrected chi connectivity index (χ2v) is 2.98. The Morgan fingerprint density at radius 3 is 2.65 bits per heavy atom. The molecular formula is C11H8F3N3. The van der Waals surface area contributed by atoms with E-state index < -0.39 is 11.9 Å². The summed E-state index contributed by atoms with van der Waals surface area (Å²) in [6, 6.07) is 3.61. The number of nitrogens with zero attached hydrogens (tertiary/aromatic N) is 2. The molecule has 0 bridgehead atoms. The van der Waals surface area contributed by atoms with Crippen LogP contribution in [-0.4, -0.2) is 11.5 Å². The molecule has 88 valence electrons. The van der Waals surface area contributed by atoms with E-state index in [1.54, 1.807) is 13.0 Å². The minimum absolute atomic E-state index is 0.0518. The lowest BCUT2D eigenvalue weighted by Crippen LogP contribution is -2.11. The number of nitriles is 1. The maximum Gasteiger partial charge on any atom is 0.433 e. The fourth-order valence-corrected chi connectivity index (χ4v) is 1.06. The van der Waals surface area contributed by atoms with Crippen LogP contribution in [-0.2, 0) is 6.18 Å². The molecule has 0 saturated heterocycles. The van der Waals surface area contributed by atoms with Gasteiger partial charge in [0.25, 0.3) is 0 Å². The predicted octanol–water partition coefficient (Wildman–Crippen LogP) is 2.41. The lowest BCUT2D eigenvalue weighted by molar-refractivity contribution is -0.141. The molecule has 0 saturated carbocycles. The third kappa shape index (κ3) is 3.39. The molecule has 17 heavy (non-hydrogen) atoms. The summed E-state index contributed by atoms with van der Waals surface area (Å²) in [4.78, 5) is 3.36. The Bertz CT molecular complexity index is 503. The highest BCUT2D eigenvalue weighted by atomic mass is 19.4. The summed E-state index contributed by atoms with van der Waals surface area (Å²) in [6.07, 6.45) is -4.53. The number of anilines is 1. The van der Waals surface area contributed by atoms with Crippen molar-refractivity contribution in [1.82, 2.24) is 4.98 Å². The van der Waals surface area contributed by atoms with Gasteiger partial charge < -0.3 is 5.32 Å². The number of alkyl halides is 3. The first-order chi connectivity index (χ1) is 7.99. The lowest BCUT2D eigenvalue weighted by Gasteiger charge is -2.09. The molecule has 0 atom stereocenters. The van der Waals surface area contributed by atoms with Gasteiger partial charge in [-0.1, -0.05) is 5.92 Å². The Labute approximate surface area is 96.3 Å². The lowest BCUT2D eigenvalue weighted by atomic mass is 10.2. The van der Waals surface area contributed by atoms with E-state index >= 15 is 0 Å². The molecule has 0 aliphatic rings. The van der Waals surface area contributed by atoms with E-state index in [2.05, 4.69) is 22.1 Å². The molecule has 1 aromatic rings. The van der Waals surface area contributed by atoms with Gasteiger partial charge >= 0.3 is 6.18 Å². The quantitative estimate of drug-likeness (QED) is 0.806. The Morgan fingerprint density at radius 2 is 2.12 bits per heavy atom. The summed E-state index contributed by atoms with van der Waals surface area (Å²) in [5, 5.41) is 11.3. The molecule has 1 aromatic heterocycles. The summed E-state index contributed by atoms with van der Waals surface area (Å²) in [5.41, 5.74) is -0.987. The van der Waals surface area contributed by atoms with Crippen molar-refractivity contribution >= 4 is 5.82 Å². The SMILES string of the molecule is CC#CCNc1nc(C(F)(F)F)ccc1C#N. The molecule has 0 aromatic carbocycles. The molecule has 0 spiro atoms. The molecule has 1 rings (SSSR count). The van der Waals surface area contributed by atoms with Gasteiger partial charge in [0.15, 0.2) is 0 Å². The molecule has 1 heterocycles. The molecule has 0 radical (unpaired) electrons. The maximum absolute atomic E-state index is 12.4. The molecule has 0 fully saturated rings. The Kier molecular flexibility index (Phi) is 3.95. The van der Waals surface area contributed by atoms with E-state index in [1.165, 1.54) is 0 Å². The Balaban J connectivity index is 3.06. The van der Waals surface area contributed by atoms with Crippen molar-refractivity contribution in [3.63, 3.8) is 0 Å². The van der Waals surface area contributed by atoms with Crippen LogP contribution in [0.5, 0.6) is 0 Å². The van der Waals surface area contributed by atoms with Crippen molar-refractivity contribution in [3.8, 4) is 17.9 Å². The van der Waals surface area contributed by atoms with Gasteiger partial charge in [0.1, 0.15) is 17.6 Å². The number of hydrogen-bond donors (Lipinski definition) is 1. The molecule has 1 N–H and O–H groups in total. The van der Waals surface area contributed by atoms with Crippen LogP contribution in [0.25, 0.3) is 0 Å². The van der Waals surface area contributed by atoms with Gasteiger partial charge in [-0.15, -0.1) is 5.92 Å². The largest absolute Gasteiger partial charge is 0.433 e. The molecule has 6 heteroatoms. The van der Waals surface area contributed by atoms with Gasteiger partial charge in [-0.05, 0) is 19.1 Å². The summed E-state index contributed by atoms with van der Waals surface area (Å²) in [6.45, 7) is 1.74. The first-order valence-corrected chi connectivity index (χ1v) is 4.61. The van der Waals surface area contributed by atoms with Gasteiger partial charge in [0.05, 0.1) is 12.1 Å². The monoisotopic (exact) mass is 239 g/mol. The highest BCUT2D eigenvalue weighted by Gasteiger charge is 2.33. The second kappa shape index (κ2) is 5.22. The zero-order chi connectivity index (χ0) is 12.9. The van der Waals surface area contributed by atoms with Gasteiger partial charge in [-0.25, -0.2) is 4.98 Å². The zero-order valence-corrected chi connectivity index (χ0v) is 8.89. The summed E-state index contributed by atoms with van der Waals surface area (Å²) < 4.78 is 37.2. The van der Waals surface area contributed by atoms with Crippen molar-refractivity contribution < 1.29 is 13.2 Å². The first kappa shape index (κ1) is 12.9. The third-order valence-electron chi connectivity index (χ3n) is 1.83. The van der Waals surface area contributed by atoms with Gasteiger partial charge in [0, 0.05) is 0 Å². The minimum atomic E-state index is -4.53. The molecule has 0 unspecified atom stereocenters. The minimum Gasteiger partial charge on any atom is -0.358 e. The van der Waals surface area contributed by atoms with Crippen LogP contribution < -0.4 is 5.32 Å². The Hall–Kier alpha value is -2.21. The predicted molar refractivity (Wildman–Crippen MR) is 55.9 cm³/mol. The average Bonchev–Trinajstić information content (AvgIpc) is 2.28. The van der Waals surface area contributed by atoms with Crippen molar-refractivity contribution in [2.75, 3.05) is 11.9 Å². The van der Waals surface area contributed by atoms with E-state index in [1.807, 2.05) is 0 Å². The number of rotatable bonds is 2. The third-order valence-corrected chi connectivity index (χ3v) is 1.83. The van der Waals surface area contributed by atoms with Crippen LogP contribution in [0.4, 0.5) is 19.0 Å². The average molecular weight is 239 g/mol. The van der Waals surface area contributed by atoms with E-state index in [0.717, 1.165) is 12.1 Å². The number of aromatic nitrogens is 1. The number of nitrogens with one attached hydrogen (secondary N) is 1. The highest BCUT2D eigenvalue weighted by molar-refractivity contribution is 5.53. The molecule has 0 aliphatic carbocycles. The summed E-state index contributed by atoms with van der Waals surface area (Å²) in [5.74, 6) is 5.08. The second-order valence-electron chi connectivity index (χ2n) is 2.98. The van der Waals surface area contributed by atoms with E-state index in [9.17, 15) is 13.2 Å². The molecule has 0 amide bonds. The van der Waals surface area contributed by atoms with Crippen LogP contribution in [0.2, 0.25) is 0 Å². The van der Waals surface area contributed by atoms with E-state index in [-0.39, 0.29) is 17.9 Å². The van der Waals surface area contributed by atoms with Crippen LogP contribution >= 0.6 is 0 Å². The van der Waals surface area contributed by atoms with Crippen molar-refractivity contribution in [2.45, 2.75) is 13.1 Å². The van der Waals surface area contributed by atoms with Crippen molar-refractivity contribution in [1.29, 1.82) is 5.26 Å². The Morgan fingerprint density at radius 1 is 1.41 bits per heavy atom. The highest BCUT2D eigenvalue weighted by Crippen LogP contribution is 2.29. The normalized spacial score (nSPS) is 10.1. The topological polar surface area (TPSA) is 48.7 Å². The fourth-order valence-electron chi connectivity index (χ4n) is 1.06. The van der Waals surface area contributed by atoms with Gasteiger partial charge in [-0.2, -0.15) is 18.4 Å². The number of halogens is 3. The fraction of sp³-hybridized carbons (Fsp3) is 0.273. The van der Waals surface area contributed by atoms with Gasteiger partial charge in [0.2, 0.25) is 0 Å². The zero-order valence-electron chi connectivity index (χ0n) is 8.89. The molecule has 3 nitrogen and oxygen atoms in total. The summed E-state index contributed by atoms with van der Waals surface area (Å²) in [7, 11) is 0. The molecule has 0 aliphatic heterocycles. The van der Waals surface area contributed by atoms with Crippen LogP contribution in [0.1, 0.15) is 18.2 Å². The van der Waals surface area contributed by atoms with E-state index in [0.29, 0.717) is 0 Å². The van der Waals surface area contributed by atoms with Crippen LogP contribution in [0.3, 0.4) is 0 Å². The standard InChI is InChI=1S/C11H8F3N3/c1-2-3-6-16-10-8(7-15)4-5-9(17-10)11(12,13)14/h4-5H,6H2,1H3,(H,16,17). The first-order valence-electron chi connectivity index (χ1n) is 4.61. The van der Waals surface area contributed by atoms with Gasteiger partial charge in [-0.3, -0.25) is 0 Å². The number of hydrogen-bond acceptors (Lipinski definition) is 3. The summed E-state index contributed by atoms with van der Waals surface area (Å²) >= 11 is 0. The molecular weight excluding hydrogens is 231 g/mol. The maximum atomic E-state index is 12.4. The van der Waals surface area contributed by atoms with E-state index in [4.69, 9.17) is 5.26 Å². The van der Waals surface area contributed by atoms with Crippen LogP contribution in [0.15, 0.2) is 12.1 Å². The van der Waals surface area contributed by atoms with Crippen LogP contribution in [0, 0.1) is 23.2 Å². The number of pyridine rings is 1. The smallest absolute Gasteiger partial charge is 0.358 e. The van der Waals surface area contributed by atoms with Crippen molar-refractivity contribution in [2.24, 2.45) is 0 Å².